The van der Waals surface area contributed by atoms with Crippen molar-refractivity contribution < 1.29 is 4.94 Å². The van der Waals surface area contributed by atoms with E-state index in [0.29, 0.717) is 0 Å². The van der Waals surface area contributed by atoms with E-state index < -0.39 is 0 Å². The summed E-state index contributed by atoms with van der Waals surface area (Å²) in [6, 6.07) is 0. The lowest BCUT2D eigenvalue weighted by Crippen LogP contribution is -2.45. The zero-order valence-corrected chi connectivity index (χ0v) is 11.5. The molecule has 0 aromatic heterocycles. The third kappa shape index (κ3) is 3.08. The number of thioether (sulfide) groups is 1. The fourth-order valence-electron chi connectivity index (χ4n) is 2.10. The first-order chi connectivity index (χ1) is 8.77. The second-order valence-corrected chi connectivity index (χ2v) is 5.92. The van der Waals surface area contributed by atoms with Gasteiger partial charge in [-0.1, -0.05) is 11.2 Å². The quantitative estimate of drug-likeness (QED) is 0.465. The highest BCUT2D eigenvalue weighted by Crippen LogP contribution is 2.34. The van der Waals surface area contributed by atoms with Crippen LogP contribution in [0.4, 0.5) is 0 Å². The summed E-state index contributed by atoms with van der Waals surface area (Å²) >= 11 is 1.80. The average Bonchev–Trinajstić information content (AvgIpc) is 2.85. The molecular formula is C13H19N3OS. The molecule has 0 radical (unpaired) electrons. The van der Waals surface area contributed by atoms with E-state index >= 15 is 0 Å². The Morgan fingerprint density at radius 1 is 1.72 bits per heavy atom. The third-order valence-corrected chi connectivity index (χ3v) is 4.50. The molecule has 0 aromatic rings. The molecule has 0 fully saturated rings. The smallest absolute Gasteiger partial charge is 0.162 e. The van der Waals surface area contributed by atoms with Crippen LogP contribution in [-0.4, -0.2) is 41.9 Å². The van der Waals surface area contributed by atoms with Crippen LogP contribution in [-0.2, 0) is 4.94 Å². The van der Waals surface area contributed by atoms with Crippen molar-refractivity contribution >= 4 is 18.0 Å². The molecule has 2 rings (SSSR count). The number of rotatable bonds is 5. The molecule has 0 saturated carbocycles. The highest BCUT2D eigenvalue weighted by Gasteiger charge is 2.38. The zero-order valence-electron chi connectivity index (χ0n) is 10.7. The predicted octanol–water partition coefficient (Wildman–Crippen LogP) is 1.61. The Morgan fingerprint density at radius 3 is 3.28 bits per heavy atom. The molecular weight excluding hydrogens is 246 g/mol. The van der Waals surface area contributed by atoms with E-state index in [1.54, 1.807) is 11.8 Å². The summed E-state index contributed by atoms with van der Waals surface area (Å²) in [6.45, 7) is 2.06. The highest BCUT2D eigenvalue weighted by molar-refractivity contribution is 8.01. The molecule has 0 aliphatic carbocycles. The van der Waals surface area contributed by atoms with E-state index in [9.17, 15) is 0 Å². The van der Waals surface area contributed by atoms with E-state index in [2.05, 4.69) is 34.6 Å². The van der Waals surface area contributed by atoms with Gasteiger partial charge in [0.15, 0.2) is 4.87 Å². The van der Waals surface area contributed by atoms with Crippen LogP contribution < -0.4 is 5.48 Å². The summed E-state index contributed by atoms with van der Waals surface area (Å²) in [5.74, 6) is 3.66. The van der Waals surface area contributed by atoms with Crippen molar-refractivity contribution in [3.05, 3.63) is 11.6 Å². The van der Waals surface area contributed by atoms with Gasteiger partial charge in [-0.15, -0.1) is 29.6 Å². The van der Waals surface area contributed by atoms with Gasteiger partial charge in [-0.25, -0.2) is 0 Å². The molecule has 1 unspecified atom stereocenters. The molecule has 0 saturated heterocycles. The van der Waals surface area contributed by atoms with E-state index in [-0.39, 0.29) is 4.87 Å². The molecule has 5 heteroatoms. The molecule has 4 nitrogen and oxygen atoms in total. The fraction of sp³-hybridized carbons (Fsp3) is 0.615. The van der Waals surface area contributed by atoms with Gasteiger partial charge >= 0.3 is 0 Å². The van der Waals surface area contributed by atoms with Gasteiger partial charge < -0.3 is 4.90 Å². The first-order valence-electron chi connectivity index (χ1n) is 6.20. The third-order valence-electron chi connectivity index (χ3n) is 3.10. The minimum absolute atomic E-state index is 0.302. The Morgan fingerprint density at radius 2 is 2.61 bits per heavy atom. The van der Waals surface area contributed by atoms with Crippen LogP contribution in [0.2, 0.25) is 0 Å². The van der Waals surface area contributed by atoms with Crippen molar-refractivity contribution in [3.8, 4) is 12.3 Å². The van der Waals surface area contributed by atoms with Crippen LogP contribution >= 0.6 is 11.8 Å². The standard InChI is InChI=1S/C13H19N3OS/c1-3-4-5-9-18-13(11-14-17-15-13)12-7-6-8-16(2)10-12/h1,7,11,15H,4-6,8-10H2,2H3. The maximum absolute atomic E-state index is 5.27. The maximum Gasteiger partial charge on any atom is 0.162 e. The van der Waals surface area contributed by atoms with Gasteiger partial charge in [0.25, 0.3) is 0 Å². The summed E-state index contributed by atoms with van der Waals surface area (Å²) in [6.07, 6.45) is 12.3. The molecule has 0 bridgehead atoms. The van der Waals surface area contributed by atoms with Gasteiger partial charge in [-0.3, -0.25) is 4.94 Å². The van der Waals surface area contributed by atoms with Gasteiger partial charge in [-0.05, 0) is 31.2 Å². The molecule has 1 N–H and O–H groups in total. The van der Waals surface area contributed by atoms with Crippen LogP contribution in [0.3, 0.4) is 0 Å². The predicted molar refractivity (Wildman–Crippen MR) is 76.2 cm³/mol. The molecule has 0 aromatic carbocycles. The number of likely N-dealkylation sites (N-methyl/N-ethyl adjacent to an activating group) is 1. The van der Waals surface area contributed by atoms with E-state index in [1.807, 2.05) is 6.21 Å². The number of hydroxylamine groups is 1. The molecule has 98 valence electrons. The summed E-state index contributed by atoms with van der Waals surface area (Å²) in [4.78, 5) is 7.02. The van der Waals surface area contributed by atoms with Crippen LogP contribution in [0.5, 0.6) is 0 Å². The summed E-state index contributed by atoms with van der Waals surface area (Å²) < 4.78 is 0. The van der Waals surface area contributed by atoms with E-state index in [1.165, 1.54) is 5.57 Å². The largest absolute Gasteiger partial charge is 0.302 e. The summed E-state index contributed by atoms with van der Waals surface area (Å²) in [5.41, 5.74) is 4.35. The zero-order chi connectivity index (χ0) is 12.8. The lowest BCUT2D eigenvalue weighted by Gasteiger charge is -2.32. The Labute approximate surface area is 113 Å². The number of hydrogen-bond acceptors (Lipinski definition) is 5. The first kappa shape index (κ1) is 13.5. The maximum atomic E-state index is 5.27. The second-order valence-electron chi connectivity index (χ2n) is 4.58. The number of unbranched alkanes of at least 4 members (excludes halogenated alkanes) is 1. The molecule has 2 heterocycles. The Kier molecular flexibility index (Phi) is 4.70. The van der Waals surface area contributed by atoms with Crippen molar-refractivity contribution in [1.29, 1.82) is 0 Å². The number of terminal acetylenes is 1. The topological polar surface area (TPSA) is 36.9 Å². The minimum atomic E-state index is -0.302. The van der Waals surface area contributed by atoms with E-state index in [4.69, 9.17) is 11.4 Å². The molecule has 2 aliphatic heterocycles. The van der Waals surface area contributed by atoms with Gasteiger partial charge in [0.05, 0.1) is 6.21 Å². The fourth-order valence-corrected chi connectivity index (χ4v) is 3.26. The molecule has 2 aliphatic rings. The second kappa shape index (κ2) is 6.28. The van der Waals surface area contributed by atoms with Crippen molar-refractivity contribution in [2.24, 2.45) is 5.16 Å². The molecule has 18 heavy (non-hydrogen) atoms. The normalized spacial score (nSPS) is 27.7. The summed E-state index contributed by atoms with van der Waals surface area (Å²) in [5, 5.41) is 3.88. The van der Waals surface area contributed by atoms with E-state index in [0.717, 1.165) is 38.1 Å². The average molecular weight is 265 g/mol. The number of oxime groups is 1. The molecule has 1 atom stereocenters. The van der Waals surface area contributed by atoms with Crippen molar-refractivity contribution in [2.45, 2.75) is 24.1 Å². The van der Waals surface area contributed by atoms with Crippen molar-refractivity contribution in [1.82, 2.24) is 10.4 Å². The van der Waals surface area contributed by atoms with Crippen LogP contribution in [0.1, 0.15) is 19.3 Å². The molecule has 0 amide bonds. The van der Waals surface area contributed by atoms with Crippen LogP contribution in [0.25, 0.3) is 0 Å². The molecule has 0 spiro atoms. The summed E-state index contributed by atoms with van der Waals surface area (Å²) in [7, 11) is 2.14. The van der Waals surface area contributed by atoms with Gasteiger partial charge in [0, 0.05) is 19.5 Å². The van der Waals surface area contributed by atoms with Gasteiger partial charge in [0.2, 0.25) is 0 Å². The number of hydrogen-bond donors (Lipinski definition) is 1. The Hall–Kier alpha value is -0.960. The van der Waals surface area contributed by atoms with Crippen molar-refractivity contribution in [2.75, 3.05) is 25.9 Å². The van der Waals surface area contributed by atoms with Crippen molar-refractivity contribution in [3.63, 3.8) is 0 Å². The number of nitrogens with zero attached hydrogens (tertiary/aromatic N) is 2. The van der Waals surface area contributed by atoms with Gasteiger partial charge in [-0.2, -0.15) is 0 Å². The lowest BCUT2D eigenvalue weighted by atomic mass is 10.0. The van der Waals surface area contributed by atoms with Gasteiger partial charge in [0.1, 0.15) is 0 Å². The monoisotopic (exact) mass is 265 g/mol. The highest BCUT2D eigenvalue weighted by atomic mass is 32.2. The Bertz CT molecular complexity index is 388. The number of nitrogens with one attached hydrogen (secondary N) is 1. The minimum Gasteiger partial charge on any atom is -0.302 e. The lowest BCUT2D eigenvalue weighted by molar-refractivity contribution is 0.0579. The van der Waals surface area contributed by atoms with Crippen LogP contribution in [0.15, 0.2) is 16.8 Å². The first-order valence-corrected chi connectivity index (χ1v) is 7.18. The van der Waals surface area contributed by atoms with Crippen LogP contribution in [0, 0.1) is 12.3 Å². The Balaban J connectivity index is 2.00. The SMILES string of the molecule is C#CCCCSC1(C2=CCCN(C)C2)C=NON1.